The molecule has 216 valence electrons. The molecule has 1 saturated carbocycles. The highest BCUT2D eigenvalue weighted by molar-refractivity contribution is 5.89. The van der Waals surface area contributed by atoms with Gasteiger partial charge in [-0.05, 0) is 99.0 Å². The minimum atomic E-state index is -0.465. The van der Waals surface area contributed by atoms with E-state index in [9.17, 15) is 14.4 Å². The number of hydrogen-bond donors (Lipinski definition) is 0. The molecule has 0 saturated heterocycles. The van der Waals surface area contributed by atoms with Gasteiger partial charge in [-0.15, -0.1) is 0 Å². The molecule has 1 aliphatic rings. The third-order valence-electron chi connectivity index (χ3n) is 7.59. The molecule has 0 bridgehead atoms. The average Bonchev–Trinajstić information content (AvgIpc) is 2.98. The van der Waals surface area contributed by atoms with Gasteiger partial charge in [0.25, 0.3) is 0 Å². The van der Waals surface area contributed by atoms with Crippen LogP contribution in [-0.2, 0) is 19.8 Å². The topological polar surface area (TPSA) is 78.9 Å². The molecular formula is C36H36O6. The summed E-state index contributed by atoms with van der Waals surface area (Å²) in [6.45, 7) is 15.8. The SMILES string of the molecule is C=C(C)C(=O)Oc1ccc(C2CCCC(c3ccc(OC(=O)C(=C)C)cc3)(c3ccc(OC(=O)C(=C)C)cc3)C2)cc1. The van der Waals surface area contributed by atoms with Crippen molar-refractivity contribution in [2.45, 2.75) is 57.8 Å². The zero-order chi connectivity index (χ0) is 30.4. The summed E-state index contributed by atoms with van der Waals surface area (Å²) in [5.41, 5.74) is 4.02. The Labute approximate surface area is 247 Å². The summed E-state index contributed by atoms with van der Waals surface area (Å²) in [7, 11) is 0. The molecule has 0 spiro atoms. The third-order valence-corrected chi connectivity index (χ3v) is 7.59. The Morgan fingerprint density at radius 2 is 0.976 bits per heavy atom. The van der Waals surface area contributed by atoms with Crippen LogP contribution < -0.4 is 14.2 Å². The van der Waals surface area contributed by atoms with Gasteiger partial charge < -0.3 is 14.2 Å². The molecule has 3 aromatic rings. The van der Waals surface area contributed by atoms with E-state index in [1.165, 1.54) is 0 Å². The zero-order valence-corrected chi connectivity index (χ0v) is 24.4. The molecule has 0 amide bonds. The van der Waals surface area contributed by atoms with Crippen LogP contribution in [0.5, 0.6) is 17.2 Å². The van der Waals surface area contributed by atoms with Gasteiger partial charge in [0.15, 0.2) is 0 Å². The second kappa shape index (κ2) is 12.9. The summed E-state index contributed by atoms with van der Waals surface area (Å²) in [4.78, 5) is 36.1. The molecule has 1 atom stereocenters. The van der Waals surface area contributed by atoms with Crippen LogP contribution >= 0.6 is 0 Å². The van der Waals surface area contributed by atoms with Gasteiger partial charge in [0.05, 0.1) is 0 Å². The monoisotopic (exact) mass is 564 g/mol. The molecule has 0 aromatic heterocycles. The van der Waals surface area contributed by atoms with Crippen LogP contribution in [0, 0.1) is 0 Å². The van der Waals surface area contributed by atoms with Gasteiger partial charge in [-0.1, -0.05) is 62.6 Å². The van der Waals surface area contributed by atoms with E-state index < -0.39 is 17.9 Å². The normalized spacial score (nSPS) is 15.6. The molecule has 6 nitrogen and oxygen atoms in total. The Balaban J connectivity index is 1.67. The molecule has 1 unspecified atom stereocenters. The van der Waals surface area contributed by atoms with Crippen LogP contribution in [0.15, 0.2) is 109 Å². The van der Waals surface area contributed by atoms with Gasteiger partial charge in [-0.3, -0.25) is 0 Å². The average molecular weight is 565 g/mol. The first kappa shape index (κ1) is 30.3. The summed E-state index contributed by atoms with van der Waals surface area (Å²) in [5.74, 6) is 0.252. The van der Waals surface area contributed by atoms with E-state index in [0.717, 1.165) is 42.4 Å². The third kappa shape index (κ3) is 6.95. The molecule has 4 rings (SSSR count). The number of benzene rings is 3. The van der Waals surface area contributed by atoms with Gasteiger partial charge in [0.1, 0.15) is 17.2 Å². The maximum Gasteiger partial charge on any atom is 0.338 e. The fourth-order valence-electron chi connectivity index (χ4n) is 5.33. The highest BCUT2D eigenvalue weighted by atomic mass is 16.5. The van der Waals surface area contributed by atoms with E-state index in [4.69, 9.17) is 14.2 Å². The number of rotatable bonds is 9. The number of ether oxygens (including phenoxy) is 3. The van der Waals surface area contributed by atoms with E-state index in [0.29, 0.717) is 34.0 Å². The molecule has 3 aromatic carbocycles. The lowest BCUT2D eigenvalue weighted by atomic mass is 9.61. The van der Waals surface area contributed by atoms with Gasteiger partial charge >= 0.3 is 17.9 Å². The summed E-state index contributed by atoms with van der Waals surface area (Å²) in [6, 6.07) is 23.0. The van der Waals surface area contributed by atoms with Crippen LogP contribution in [0.4, 0.5) is 0 Å². The molecule has 42 heavy (non-hydrogen) atoms. The summed E-state index contributed by atoms with van der Waals surface area (Å²) < 4.78 is 16.3. The van der Waals surface area contributed by atoms with E-state index >= 15 is 0 Å². The highest BCUT2D eigenvalue weighted by Gasteiger charge is 2.40. The van der Waals surface area contributed by atoms with E-state index in [1.54, 1.807) is 20.8 Å². The van der Waals surface area contributed by atoms with Crippen molar-refractivity contribution in [1.29, 1.82) is 0 Å². The van der Waals surface area contributed by atoms with Gasteiger partial charge in [-0.2, -0.15) is 0 Å². The van der Waals surface area contributed by atoms with Crippen molar-refractivity contribution in [3.05, 3.63) is 126 Å². The number of hydrogen-bond acceptors (Lipinski definition) is 6. The Morgan fingerprint density at radius 3 is 1.33 bits per heavy atom. The van der Waals surface area contributed by atoms with E-state index in [2.05, 4.69) is 19.7 Å². The van der Waals surface area contributed by atoms with Crippen LogP contribution in [0.3, 0.4) is 0 Å². The minimum Gasteiger partial charge on any atom is -0.423 e. The molecule has 1 fully saturated rings. The van der Waals surface area contributed by atoms with Crippen molar-refractivity contribution >= 4 is 17.9 Å². The van der Waals surface area contributed by atoms with Gasteiger partial charge in [0.2, 0.25) is 0 Å². The molecule has 1 aliphatic carbocycles. The highest BCUT2D eigenvalue weighted by Crippen LogP contribution is 2.50. The van der Waals surface area contributed by atoms with Crippen molar-refractivity contribution < 1.29 is 28.6 Å². The Kier molecular flexibility index (Phi) is 9.26. The Morgan fingerprint density at radius 1 is 0.619 bits per heavy atom. The van der Waals surface area contributed by atoms with Crippen molar-refractivity contribution in [2.24, 2.45) is 0 Å². The second-order valence-electron chi connectivity index (χ2n) is 11.0. The Bertz CT molecular complexity index is 1440. The first-order valence-electron chi connectivity index (χ1n) is 13.9. The molecule has 0 N–H and O–H groups in total. The minimum absolute atomic E-state index is 0.242. The predicted octanol–water partition coefficient (Wildman–Crippen LogP) is 7.78. The summed E-state index contributed by atoms with van der Waals surface area (Å²) in [6.07, 6.45) is 3.73. The Hall–Kier alpha value is -4.71. The molecule has 6 heteroatoms. The quantitative estimate of drug-likeness (QED) is 0.150. The molecule has 0 heterocycles. The molecule has 0 aliphatic heterocycles. The fraction of sp³-hybridized carbons (Fsp3) is 0.250. The van der Waals surface area contributed by atoms with Crippen LogP contribution in [0.2, 0.25) is 0 Å². The van der Waals surface area contributed by atoms with Crippen molar-refractivity contribution in [3.8, 4) is 17.2 Å². The number of esters is 3. The molecular weight excluding hydrogens is 528 g/mol. The lowest BCUT2D eigenvalue weighted by Gasteiger charge is -2.42. The first-order valence-corrected chi connectivity index (χ1v) is 13.9. The fourth-order valence-corrected chi connectivity index (χ4v) is 5.33. The largest absolute Gasteiger partial charge is 0.423 e. The smallest absolute Gasteiger partial charge is 0.338 e. The maximum absolute atomic E-state index is 12.1. The van der Waals surface area contributed by atoms with Crippen LogP contribution in [-0.4, -0.2) is 17.9 Å². The molecule has 0 radical (unpaired) electrons. The van der Waals surface area contributed by atoms with Gasteiger partial charge in [0, 0.05) is 22.1 Å². The van der Waals surface area contributed by atoms with E-state index in [-0.39, 0.29) is 11.3 Å². The maximum atomic E-state index is 12.1. The van der Waals surface area contributed by atoms with Crippen LogP contribution in [0.1, 0.15) is 69.1 Å². The van der Waals surface area contributed by atoms with E-state index in [1.807, 2.05) is 72.8 Å². The standard InChI is InChI=1S/C36H36O6/c1-23(2)33(37)40-30-15-9-26(10-16-30)27-8-7-21-36(22-27,28-11-17-31(18-12-28)41-34(38)24(3)4)29-13-19-32(20-14-29)42-35(39)25(5)6/h9-20,27H,1,3,5,7-8,21-22H2,2,4,6H3. The van der Waals surface area contributed by atoms with Gasteiger partial charge in [-0.25, -0.2) is 14.4 Å². The summed E-state index contributed by atoms with van der Waals surface area (Å²) in [5, 5.41) is 0. The van der Waals surface area contributed by atoms with Crippen molar-refractivity contribution in [1.82, 2.24) is 0 Å². The zero-order valence-electron chi connectivity index (χ0n) is 24.4. The second-order valence-corrected chi connectivity index (χ2v) is 11.0. The predicted molar refractivity (Wildman–Crippen MR) is 163 cm³/mol. The summed E-state index contributed by atoms with van der Waals surface area (Å²) >= 11 is 0. The van der Waals surface area contributed by atoms with Crippen LogP contribution in [0.25, 0.3) is 0 Å². The first-order chi connectivity index (χ1) is 20.0. The van der Waals surface area contributed by atoms with Crippen molar-refractivity contribution in [2.75, 3.05) is 0 Å². The number of carbonyl (C=O) groups is 3. The lowest BCUT2D eigenvalue weighted by Crippen LogP contribution is -2.33. The number of carbonyl (C=O) groups excluding carboxylic acids is 3. The van der Waals surface area contributed by atoms with Crippen molar-refractivity contribution in [3.63, 3.8) is 0 Å². The lowest BCUT2D eigenvalue weighted by molar-refractivity contribution is -0.130.